The lowest BCUT2D eigenvalue weighted by Gasteiger charge is -2.33. The van der Waals surface area contributed by atoms with Crippen molar-refractivity contribution in [2.45, 2.75) is 49.9 Å². The van der Waals surface area contributed by atoms with Gasteiger partial charge in [0.2, 0.25) is 11.3 Å². The highest BCUT2D eigenvalue weighted by Gasteiger charge is 2.38. The first-order valence-corrected chi connectivity index (χ1v) is 15.7. The Kier molecular flexibility index (Phi) is 7.41. The van der Waals surface area contributed by atoms with Crippen LogP contribution in [0.5, 0.6) is 5.75 Å². The van der Waals surface area contributed by atoms with Crippen molar-refractivity contribution >= 4 is 37.7 Å². The zero-order valence-corrected chi connectivity index (χ0v) is 23.1. The number of piperidine rings is 1. The summed E-state index contributed by atoms with van der Waals surface area (Å²) in [6.45, 7) is 1.48. The monoisotopic (exact) mass is 562 g/mol. The molecule has 2 unspecified atom stereocenters. The van der Waals surface area contributed by atoms with E-state index in [1.807, 2.05) is 12.3 Å². The van der Waals surface area contributed by atoms with Gasteiger partial charge in [-0.15, -0.1) is 0 Å². The van der Waals surface area contributed by atoms with Gasteiger partial charge in [-0.05, 0) is 92.8 Å². The summed E-state index contributed by atoms with van der Waals surface area (Å²) in [5.41, 5.74) is 7.54. The topological polar surface area (TPSA) is 153 Å². The van der Waals surface area contributed by atoms with E-state index in [1.165, 1.54) is 5.56 Å². The minimum Gasteiger partial charge on any atom is -0.474 e. The minimum atomic E-state index is -3.57. The van der Waals surface area contributed by atoms with E-state index in [-0.39, 0.29) is 17.6 Å². The van der Waals surface area contributed by atoms with Gasteiger partial charge in [0.15, 0.2) is 15.5 Å². The van der Waals surface area contributed by atoms with Crippen LogP contribution in [0.3, 0.4) is 0 Å². The van der Waals surface area contributed by atoms with Crippen LogP contribution >= 0.6 is 0 Å². The summed E-state index contributed by atoms with van der Waals surface area (Å²) in [4.78, 5) is 20.2. The molecule has 4 heterocycles. The fourth-order valence-electron chi connectivity index (χ4n) is 6.37. The minimum absolute atomic E-state index is 0.0675. The number of nitrogens with zero attached hydrogens (tertiary/aromatic N) is 3. The highest BCUT2D eigenvalue weighted by Crippen LogP contribution is 2.40. The molecular formula is C29H34N6O4S. The Hall–Kier alpha value is -3.57. The first-order valence-electron chi connectivity index (χ1n) is 13.9. The van der Waals surface area contributed by atoms with Crippen LogP contribution < -0.4 is 15.8 Å². The number of aromatic amines is 1. The third kappa shape index (κ3) is 5.40. The van der Waals surface area contributed by atoms with Crippen LogP contribution in [0.1, 0.15) is 60.4 Å². The lowest BCUT2D eigenvalue weighted by Crippen LogP contribution is -2.45. The second kappa shape index (κ2) is 11.1. The van der Waals surface area contributed by atoms with Crippen molar-refractivity contribution in [3.05, 3.63) is 60.0 Å². The molecule has 0 bridgehead atoms. The van der Waals surface area contributed by atoms with Crippen LogP contribution in [0.4, 0.5) is 0 Å². The number of amides is 1. The average Bonchev–Trinajstić information content (AvgIpc) is 3.46. The summed E-state index contributed by atoms with van der Waals surface area (Å²) in [7, 11) is -3.57. The molecule has 1 aromatic carbocycles. The normalized spacial score (nSPS) is 22.8. The van der Waals surface area contributed by atoms with Crippen LogP contribution in [0.25, 0.3) is 21.9 Å². The van der Waals surface area contributed by atoms with Crippen molar-refractivity contribution in [2.75, 3.05) is 18.8 Å². The van der Waals surface area contributed by atoms with E-state index in [1.54, 1.807) is 36.7 Å². The Morgan fingerprint density at radius 2 is 1.85 bits per heavy atom. The summed E-state index contributed by atoms with van der Waals surface area (Å²) in [6.07, 6.45) is 10.6. The molecule has 6 rings (SSSR count). The van der Waals surface area contributed by atoms with Gasteiger partial charge < -0.3 is 15.8 Å². The Bertz CT molecular complexity index is 1610. The van der Waals surface area contributed by atoms with Gasteiger partial charge >= 0.3 is 0 Å². The van der Waals surface area contributed by atoms with Gasteiger partial charge in [0.25, 0.3) is 0 Å². The molecule has 11 heteroatoms. The molecule has 4 N–H and O–H groups in total. The number of carbonyl (C=O) groups excluding carboxylic acids is 1. The number of H-pyrrole nitrogens is 1. The van der Waals surface area contributed by atoms with Crippen molar-refractivity contribution in [1.29, 1.82) is 0 Å². The maximum absolute atomic E-state index is 13.9. The number of rotatable bonds is 8. The molecule has 0 spiro atoms. The highest BCUT2D eigenvalue weighted by molar-refractivity contribution is 7.91. The van der Waals surface area contributed by atoms with Gasteiger partial charge in [-0.3, -0.25) is 9.89 Å². The van der Waals surface area contributed by atoms with Gasteiger partial charge in [-0.2, -0.15) is 5.10 Å². The molecule has 3 aromatic heterocycles. The van der Waals surface area contributed by atoms with E-state index in [0.717, 1.165) is 67.0 Å². The number of nitrogens with two attached hydrogens (primary N) is 1. The van der Waals surface area contributed by atoms with E-state index in [2.05, 4.69) is 25.5 Å². The largest absolute Gasteiger partial charge is 0.474 e. The number of hydrogen-bond acceptors (Lipinski definition) is 8. The van der Waals surface area contributed by atoms with E-state index >= 15 is 0 Å². The maximum atomic E-state index is 13.9. The molecule has 1 aliphatic carbocycles. The van der Waals surface area contributed by atoms with Gasteiger partial charge in [0, 0.05) is 35.0 Å². The molecule has 210 valence electrons. The van der Waals surface area contributed by atoms with Gasteiger partial charge in [0.05, 0.1) is 23.7 Å². The van der Waals surface area contributed by atoms with E-state index in [9.17, 15) is 13.2 Å². The summed E-state index contributed by atoms with van der Waals surface area (Å²) in [5, 5.41) is 12.9. The molecule has 40 heavy (non-hydrogen) atoms. The number of fused-ring (bicyclic) bond motifs is 3. The fraction of sp³-hybridized carbons (Fsp3) is 0.448. The first kappa shape index (κ1) is 26.6. The quantitative estimate of drug-likeness (QED) is 0.294. The molecule has 1 saturated heterocycles. The second-order valence-corrected chi connectivity index (χ2v) is 13.2. The number of nitrogens with one attached hydrogen (secondary N) is 2. The van der Waals surface area contributed by atoms with Crippen LogP contribution in [0, 0.1) is 11.8 Å². The number of ether oxygens (including phenoxy) is 1. The molecule has 2 aliphatic rings. The van der Waals surface area contributed by atoms with Crippen molar-refractivity contribution in [1.82, 2.24) is 25.5 Å². The number of sulfone groups is 1. The second-order valence-electron chi connectivity index (χ2n) is 11.1. The number of carbonyl (C=O) groups is 1. The van der Waals surface area contributed by atoms with Crippen molar-refractivity contribution < 1.29 is 17.9 Å². The van der Waals surface area contributed by atoms with Gasteiger partial charge in [-0.25, -0.2) is 18.4 Å². The Balaban J connectivity index is 1.18. The number of aromatic nitrogens is 4. The first-order chi connectivity index (χ1) is 19.4. The Labute approximate surface area is 233 Å². The van der Waals surface area contributed by atoms with Crippen LogP contribution in [-0.4, -0.2) is 58.8 Å². The molecule has 2 fully saturated rings. The molecule has 1 aliphatic heterocycles. The van der Waals surface area contributed by atoms with E-state index < -0.39 is 21.2 Å². The zero-order valence-electron chi connectivity index (χ0n) is 22.3. The lowest BCUT2D eigenvalue weighted by molar-refractivity contribution is 0.1000. The van der Waals surface area contributed by atoms with E-state index in [4.69, 9.17) is 10.5 Å². The third-order valence-electron chi connectivity index (χ3n) is 8.43. The van der Waals surface area contributed by atoms with Crippen molar-refractivity contribution in [3.8, 4) is 5.75 Å². The molecular weight excluding hydrogens is 528 g/mol. The van der Waals surface area contributed by atoms with Crippen LogP contribution in [-0.2, 0) is 9.84 Å². The Morgan fingerprint density at radius 3 is 2.58 bits per heavy atom. The molecule has 0 radical (unpaired) electrons. The predicted molar refractivity (Wildman–Crippen MR) is 153 cm³/mol. The van der Waals surface area contributed by atoms with Gasteiger partial charge in [0.1, 0.15) is 5.75 Å². The fourth-order valence-corrected chi connectivity index (χ4v) is 8.63. The van der Waals surface area contributed by atoms with Crippen molar-refractivity contribution in [3.63, 3.8) is 0 Å². The Morgan fingerprint density at radius 1 is 1.05 bits per heavy atom. The highest BCUT2D eigenvalue weighted by atomic mass is 32.2. The SMILES string of the molecule is NC(=O)c1ccc(OC(C2CCCNC2)S(=O)(=O)CC2CCC(c3cn[nH]c4cnc5nccc5c34)CC2)cc1. The summed E-state index contributed by atoms with van der Waals surface area (Å²) in [6, 6.07) is 8.36. The summed E-state index contributed by atoms with van der Waals surface area (Å²) in [5.74, 6) is 0.213. The number of hydrogen-bond donors (Lipinski definition) is 3. The van der Waals surface area contributed by atoms with Crippen LogP contribution in [0.15, 0.2) is 48.9 Å². The maximum Gasteiger partial charge on any atom is 0.248 e. The predicted octanol–water partition coefficient (Wildman–Crippen LogP) is 3.70. The number of benzene rings is 1. The van der Waals surface area contributed by atoms with E-state index in [0.29, 0.717) is 23.8 Å². The molecule has 4 aromatic rings. The number of pyridine rings is 1. The molecule has 10 nitrogen and oxygen atoms in total. The molecule has 1 amide bonds. The number of primary amides is 1. The molecule has 1 saturated carbocycles. The lowest BCUT2D eigenvalue weighted by atomic mass is 9.79. The summed E-state index contributed by atoms with van der Waals surface area (Å²) < 4.78 is 33.9. The van der Waals surface area contributed by atoms with Gasteiger partial charge in [-0.1, -0.05) is 0 Å². The average molecular weight is 563 g/mol. The van der Waals surface area contributed by atoms with Crippen molar-refractivity contribution in [2.24, 2.45) is 17.6 Å². The van der Waals surface area contributed by atoms with Crippen LogP contribution in [0.2, 0.25) is 0 Å². The standard InChI is InChI=1S/C29H34N6O4S/c30-27(36)20-7-9-22(10-8-20)39-29(21-2-1-12-31-14-21)40(37,38)17-18-3-5-19(6-4-18)24-15-34-35-25-16-33-28-23(26(24)25)11-13-32-28/h7-11,13,15-16,18-19,21,29,31,35H,1-6,12,14,17H2,(H2,30,36). The summed E-state index contributed by atoms with van der Waals surface area (Å²) >= 11 is 0. The third-order valence-corrected chi connectivity index (χ3v) is 10.6. The molecule has 2 atom stereocenters. The zero-order chi connectivity index (χ0) is 27.7. The smallest absolute Gasteiger partial charge is 0.248 e.